The molecule has 0 aromatic carbocycles. The molecule has 2 N–H and O–H groups in total. The minimum absolute atomic E-state index is 0.382. The zero-order valence-corrected chi connectivity index (χ0v) is 11.4. The number of nitrogens with one attached hydrogen (secondary N) is 1. The molecule has 17 heavy (non-hydrogen) atoms. The molecule has 1 saturated carbocycles. The molecule has 100 valence electrons. The van der Waals surface area contributed by atoms with Crippen LogP contribution in [0.3, 0.4) is 0 Å². The van der Waals surface area contributed by atoms with Gasteiger partial charge in [0.1, 0.15) is 0 Å². The van der Waals surface area contributed by atoms with Gasteiger partial charge in [-0.05, 0) is 51.6 Å². The molecule has 4 atom stereocenters. The summed E-state index contributed by atoms with van der Waals surface area (Å²) in [6.07, 6.45) is 6.46. The maximum Gasteiger partial charge on any atom is 0.0462 e. The van der Waals surface area contributed by atoms with Crippen LogP contribution in [0.25, 0.3) is 0 Å². The third kappa shape index (κ3) is 3.43. The Morgan fingerprint density at radius 2 is 1.94 bits per heavy atom. The number of aliphatic hydroxyl groups is 1. The summed E-state index contributed by atoms with van der Waals surface area (Å²) in [5.74, 6) is 1.25. The molecular weight excluding hydrogens is 212 g/mol. The van der Waals surface area contributed by atoms with E-state index in [0.717, 1.165) is 6.54 Å². The van der Waals surface area contributed by atoms with E-state index in [0.29, 0.717) is 30.5 Å². The van der Waals surface area contributed by atoms with Gasteiger partial charge in [-0.1, -0.05) is 12.8 Å². The van der Waals surface area contributed by atoms with Gasteiger partial charge in [0, 0.05) is 25.2 Å². The predicted octanol–water partition coefficient (Wildman–Crippen LogP) is 1.47. The van der Waals surface area contributed by atoms with Crippen LogP contribution in [0, 0.1) is 11.8 Å². The van der Waals surface area contributed by atoms with Crippen LogP contribution in [0.4, 0.5) is 0 Å². The molecule has 2 fully saturated rings. The first-order chi connectivity index (χ1) is 8.20. The van der Waals surface area contributed by atoms with Crippen LogP contribution in [-0.4, -0.2) is 48.8 Å². The first kappa shape index (κ1) is 13.3. The van der Waals surface area contributed by atoms with Crippen LogP contribution in [0.15, 0.2) is 0 Å². The Labute approximate surface area is 106 Å². The predicted molar refractivity (Wildman–Crippen MR) is 71.0 cm³/mol. The van der Waals surface area contributed by atoms with Crippen LogP contribution in [0.2, 0.25) is 0 Å². The second-order valence-electron chi connectivity index (χ2n) is 6.12. The zero-order chi connectivity index (χ0) is 12.3. The number of aliphatic hydroxyl groups excluding tert-OH is 1. The van der Waals surface area contributed by atoms with Crippen molar-refractivity contribution in [2.24, 2.45) is 11.8 Å². The lowest BCUT2D eigenvalue weighted by Gasteiger charge is -2.31. The first-order valence-corrected chi connectivity index (χ1v) is 7.25. The van der Waals surface area contributed by atoms with E-state index in [1.807, 2.05) is 0 Å². The molecule has 0 aromatic rings. The lowest BCUT2D eigenvalue weighted by molar-refractivity contribution is 0.131. The maximum atomic E-state index is 9.40. The van der Waals surface area contributed by atoms with Gasteiger partial charge in [0.2, 0.25) is 0 Å². The van der Waals surface area contributed by atoms with E-state index in [1.54, 1.807) is 0 Å². The van der Waals surface area contributed by atoms with Gasteiger partial charge in [0.05, 0.1) is 0 Å². The number of likely N-dealkylation sites (N-methyl/N-ethyl adjacent to an activating group) is 1. The molecule has 0 aromatic heterocycles. The topological polar surface area (TPSA) is 35.5 Å². The average molecular weight is 240 g/mol. The smallest absolute Gasteiger partial charge is 0.0462 e. The summed E-state index contributed by atoms with van der Waals surface area (Å²) in [5, 5.41) is 13.1. The fourth-order valence-corrected chi connectivity index (χ4v) is 3.45. The van der Waals surface area contributed by atoms with Crippen molar-refractivity contribution in [3.05, 3.63) is 0 Å². The van der Waals surface area contributed by atoms with Gasteiger partial charge >= 0.3 is 0 Å². The molecule has 0 spiro atoms. The number of rotatable bonds is 4. The summed E-state index contributed by atoms with van der Waals surface area (Å²) in [6, 6.07) is 1.38. The molecule has 1 aliphatic heterocycles. The van der Waals surface area contributed by atoms with E-state index in [2.05, 4.69) is 24.2 Å². The van der Waals surface area contributed by atoms with Crippen molar-refractivity contribution in [2.75, 3.05) is 26.7 Å². The van der Waals surface area contributed by atoms with Crippen molar-refractivity contribution in [3.63, 3.8) is 0 Å². The van der Waals surface area contributed by atoms with Gasteiger partial charge in [0.25, 0.3) is 0 Å². The Balaban J connectivity index is 1.73. The van der Waals surface area contributed by atoms with Gasteiger partial charge in [0.15, 0.2) is 0 Å². The lowest BCUT2D eigenvalue weighted by Crippen LogP contribution is -2.38. The van der Waals surface area contributed by atoms with Crippen LogP contribution in [0.1, 0.15) is 39.0 Å². The zero-order valence-electron chi connectivity index (χ0n) is 11.4. The van der Waals surface area contributed by atoms with Crippen molar-refractivity contribution in [2.45, 2.75) is 51.1 Å². The SMILES string of the molecule is CC1CC(NCC2CCCCC2CO)CN1C. The molecule has 4 unspecified atom stereocenters. The highest BCUT2D eigenvalue weighted by Gasteiger charge is 2.28. The molecule has 1 aliphatic carbocycles. The molecule has 2 rings (SSSR count). The molecule has 0 radical (unpaired) electrons. The van der Waals surface area contributed by atoms with E-state index in [-0.39, 0.29) is 0 Å². The number of hydrogen-bond acceptors (Lipinski definition) is 3. The Morgan fingerprint density at radius 1 is 1.24 bits per heavy atom. The monoisotopic (exact) mass is 240 g/mol. The maximum absolute atomic E-state index is 9.40. The largest absolute Gasteiger partial charge is 0.396 e. The summed E-state index contributed by atoms with van der Waals surface area (Å²) in [7, 11) is 2.21. The Kier molecular flexibility index (Phi) is 4.83. The van der Waals surface area contributed by atoms with Gasteiger partial charge < -0.3 is 15.3 Å². The fraction of sp³-hybridized carbons (Fsp3) is 1.00. The molecule has 0 bridgehead atoms. The van der Waals surface area contributed by atoms with Crippen molar-refractivity contribution in [3.8, 4) is 0 Å². The fourth-order valence-electron chi connectivity index (χ4n) is 3.45. The standard InChI is InChI=1S/C14H28N2O/c1-11-7-14(9-16(11)2)15-8-12-5-3-4-6-13(12)10-17/h11-15,17H,3-10H2,1-2H3. The van der Waals surface area contributed by atoms with Crippen LogP contribution in [-0.2, 0) is 0 Å². The van der Waals surface area contributed by atoms with E-state index in [9.17, 15) is 5.11 Å². The lowest BCUT2D eigenvalue weighted by atomic mass is 9.79. The molecule has 3 nitrogen and oxygen atoms in total. The highest BCUT2D eigenvalue weighted by Crippen LogP contribution is 2.29. The summed E-state index contributed by atoms with van der Waals surface area (Å²) in [5.41, 5.74) is 0. The van der Waals surface area contributed by atoms with Crippen molar-refractivity contribution in [1.82, 2.24) is 10.2 Å². The van der Waals surface area contributed by atoms with Gasteiger partial charge in [-0.3, -0.25) is 0 Å². The molecule has 2 aliphatic rings. The van der Waals surface area contributed by atoms with Crippen molar-refractivity contribution < 1.29 is 5.11 Å². The second-order valence-corrected chi connectivity index (χ2v) is 6.12. The quantitative estimate of drug-likeness (QED) is 0.781. The summed E-state index contributed by atoms with van der Waals surface area (Å²) in [4.78, 5) is 2.43. The van der Waals surface area contributed by atoms with Crippen molar-refractivity contribution in [1.29, 1.82) is 0 Å². The first-order valence-electron chi connectivity index (χ1n) is 7.25. The Hall–Kier alpha value is -0.120. The third-order valence-corrected chi connectivity index (χ3v) is 4.86. The average Bonchev–Trinajstić information content (AvgIpc) is 2.66. The third-order valence-electron chi connectivity index (χ3n) is 4.86. The minimum atomic E-state index is 0.382. The van der Waals surface area contributed by atoms with E-state index >= 15 is 0 Å². The van der Waals surface area contributed by atoms with Crippen LogP contribution < -0.4 is 5.32 Å². The Morgan fingerprint density at radius 3 is 2.53 bits per heavy atom. The highest BCUT2D eigenvalue weighted by atomic mass is 16.3. The van der Waals surface area contributed by atoms with Crippen LogP contribution in [0.5, 0.6) is 0 Å². The normalized spacial score (nSPS) is 39.7. The van der Waals surface area contributed by atoms with Crippen molar-refractivity contribution >= 4 is 0 Å². The van der Waals surface area contributed by atoms with Gasteiger partial charge in [-0.2, -0.15) is 0 Å². The highest BCUT2D eigenvalue weighted by molar-refractivity contribution is 4.86. The summed E-state index contributed by atoms with van der Waals surface area (Å²) in [6.45, 7) is 4.97. The van der Waals surface area contributed by atoms with Gasteiger partial charge in [-0.25, -0.2) is 0 Å². The number of hydrogen-bond donors (Lipinski definition) is 2. The van der Waals surface area contributed by atoms with Crippen LogP contribution >= 0.6 is 0 Å². The second kappa shape index (κ2) is 6.17. The molecule has 1 saturated heterocycles. The Bertz CT molecular complexity index is 224. The molecule has 1 heterocycles. The summed E-state index contributed by atoms with van der Waals surface area (Å²) >= 11 is 0. The minimum Gasteiger partial charge on any atom is -0.396 e. The van der Waals surface area contributed by atoms with E-state index < -0.39 is 0 Å². The molecular formula is C14H28N2O. The summed E-state index contributed by atoms with van der Waals surface area (Å²) < 4.78 is 0. The number of likely N-dealkylation sites (tertiary alicyclic amines) is 1. The van der Waals surface area contributed by atoms with Gasteiger partial charge in [-0.15, -0.1) is 0 Å². The molecule has 0 amide bonds. The molecule has 3 heteroatoms. The van der Waals surface area contributed by atoms with E-state index in [1.165, 1.54) is 38.6 Å². The van der Waals surface area contributed by atoms with E-state index in [4.69, 9.17) is 0 Å². The number of nitrogens with zero attached hydrogens (tertiary/aromatic N) is 1.